The van der Waals surface area contributed by atoms with Gasteiger partial charge >= 0.3 is 11.9 Å². The first-order valence-corrected chi connectivity index (χ1v) is 11.5. The van der Waals surface area contributed by atoms with Crippen LogP contribution < -0.4 is 0 Å². The molecular weight excluding hydrogens is 408 g/mol. The molecule has 0 bridgehead atoms. The van der Waals surface area contributed by atoms with Crippen LogP contribution in [0.4, 0.5) is 0 Å². The monoisotopic (exact) mass is 450 g/mol. The second-order valence-corrected chi connectivity index (χ2v) is 8.35. The zero-order chi connectivity index (χ0) is 23.2. The molecule has 2 saturated carbocycles. The molecular formula is C26H42O6. The molecule has 0 saturated heterocycles. The molecule has 1 N–H and O–H groups in total. The molecule has 6 heteroatoms. The Bertz CT molecular complexity index is 663. The number of aliphatic carboxylic acids is 1. The van der Waals surface area contributed by atoms with E-state index < -0.39 is 5.97 Å². The molecule has 0 radical (unpaired) electrons. The van der Waals surface area contributed by atoms with Crippen molar-refractivity contribution >= 4 is 23.5 Å². The summed E-state index contributed by atoms with van der Waals surface area (Å²) in [5.74, 6) is -0.247. The third-order valence-corrected chi connectivity index (χ3v) is 6.17. The molecule has 32 heavy (non-hydrogen) atoms. The lowest BCUT2D eigenvalue weighted by atomic mass is 9.89. The number of hydrogen-bond donors (Lipinski definition) is 1. The summed E-state index contributed by atoms with van der Waals surface area (Å²) < 4.78 is 4.65. The van der Waals surface area contributed by atoms with Crippen LogP contribution in [-0.4, -0.2) is 35.7 Å². The fourth-order valence-corrected chi connectivity index (χ4v) is 4.43. The lowest BCUT2D eigenvalue weighted by Crippen LogP contribution is -2.18. The van der Waals surface area contributed by atoms with Gasteiger partial charge in [0.1, 0.15) is 11.6 Å². The number of carbonyl (C=O) groups excluding carboxylic acids is 3. The van der Waals surface area contributed by atoms with Crippen molar-refractivity contribution in [3.8, 4) is 0 Å². The highest BCUT2D eigenvalue weighted by atomic mass is 16.5. The van der Waals surface area contributed by atoms with Gasteiger partial charge in [-0.25, -0.2) is 0 Å². The van der Waals surface area contributed by atoms with Crippen LogP contribution in [0, 0.1) is 23.7 Å². The van der Waals surface area contributed by atoms with E-state index in [2.05, 4.69) is 23.8 Å². The highest BCUT2D eigenvalue weighted by Crippen LogP contribution is 2.35. The average molecular weight is 451 g/mol. The van der Waals surface area contributed by atoms with Crippen molar-refractivity contribution in [3.63, 3.8) is 0 Å². The molecule has 0 heterocycles. The Labute approximate surface area is 193 Å². The lowest BCUT2D eigenvalue weighted by Gasteiger charge is -2.15. The molecule has 0 aromatic heterocycles. The summed E-state index contributed by atoms with van der Waals surface area (Å²) in [6.07, 6.45) is 14.9. The van der Waals surface area contributed by atoms with E-state index in [1.807, 2.05) is 19.1 Å². The van der Waals surface area contributed by atoms with Gasteiger partial charge in [-0.05, 0) is 50.4 Å². The molecule has 0 aliphatic heterocycles. The molecule has 2 fully saturated rings. The molecule has 0 amide bonds. The summed E-state index contributed by atoms with van der Waals surface area (Å²) in [6, 6.07) is 0. The maximum atomic E-state index is 11.7. The molecule has 0 unspecified atom stereocenters. The predicted molar refractivity (Wildman–Crippen MR) is 126 cm³/mol. The Hall–Kier alpha value is -2.24. The van der Waals surface area contributed by atoms with Crippen LogP contribution in [0.1, 0.15) is 85.5 Å². The molecule has 6 nitrogen and oxygen atoms in total. The van der Waals surface area contributed by atoms with Crippen LogP contribution in [-0.2, 0) is 23.9 Å². The van der Waals surface area contributed by atoms with Crippen molar-refractivity contribution in [1.82, 2.24) is 0 Å². The van der Waals surface area contributed by atoms with Gasteiger partial charge in [0.25, 0.3) is 0 Å². The van der Waals surface area contributed by atoms with E-state index >= 15 is 0 Å². The van der Waals surface area contributed by atoms with Gasteiger partial charge in [0.2, 0.25) is 0 Å². The average Bonchev–Trinajstić information content (AvgIpc) is 3.25. The number of rotatable bonds is 10. The van der Waals surface area contributed by atoms with E-state index in [1.165, 1.54) is 7.11 Å². The predicted octanol–water partition coefficient (Wildman–Crippen LogP) is 5.55. The first kappa shape index (κ1) is 29.8. The zero-order valence-corrected chi connectivity index (χ0v) is 19.2. The van der Waals surface area contributed by atoms with E-state index in [4.69, 9.17) is 5.11 Å². The molecule has 4 atom stereocenters. The van der Waals surface area contributed by atoms with E-state index in [0.29, 0.717) is 31.5 Å². The summed E-state index contributed by atoms with van der Waals surface area (Å²) in [6.45, 7) is 4.11. The number of ether oxygens (including phenoxy) is 1. The van der Waals surface area contributed by atoms with Crippen LogP contribution in [0.2, 0.25) is 0 Å². The summed E-state index contributed by atoms with van der Waals surface area (Å²) in [7, 11) is 1.39. The number of carbonyl (C=O) groups is 4. The van der Waals surface area contributed by atoms with Crippen LogP contribution in [0.3, 0.4) is 0 Å². The van der Waals surface area contributed by atoms with Crippen LogP contribution >= 0.6 is 0 Å². The minimum Gasteiger partial charge on any atom is -0.481 e. The second-order valence-electron chi connectivity index (χ2n) is 8.35. The van der Waals surface area contributed by atoms with Crippen molar-refractivity contribution in [2.45, 2.75) is 85.5 Å². The topological polar surface area (TPSA) is 97.7 Å². The largest absolute Gasteiger partial charge is 0.481 e. The number of esters is 1. The van der Waals surface area contributed by atoms with Crippen molar-refractivity contribution in [2.24, 2.45) is 23.7 Å². The smallest absolute Gasteiger partial charge is 0.305 e. The molecule has 2 aliphatic rings. The number of methoxy groups -OCH3 is 1. The number of allylic oxidation sites excluding steroid dienone is 4. The quantitative estimate of drug-likeness (QED) is 0.346. The maximum absolute atomic E-state index is 11.7. The third-order valence-electron chi connectivity index (χ3n) is 6.17. The molecule has 0 aromatic rings. The van der Waals surface area contributed by atoms with Crippen molar-refractivity contribution < 1.29 is 29.0 Å². The van der Waals surface area contributed by atoms with Crippen molar-refractivity contribution in [3.05, 3.63) is 24.3 Å². The van der Waals surface area contributed by atoms with Gasteiger partial charge < -0.3 is 9.84 Å². The highest BCUT2D eigenvalue weighted by molar-refractivity contribution is 5.85. The molecule has 182 valence electrons. The summed E-state index contributed by atoms with van der Waals surface area (Å²) in [5.41, 5.74) is 0. The van der Waals surface area contributed by atoms with Gasteiger partial charge in [-0.15, -0.1) is 0 Å². The zero-order valence-electron chi connectivity index (χ0n) is 19.2. The third kappa shape index (κ3) is 10.4. The van der Waals surface area contributed by atoms with Crippen LogP contribution in [0.5, 0.6) is 0 Å². The Morgan fingerprint density at radius 3 is 1.69 bits per heavy atom. The SMILES string of the molecule is C.CC/C=C\C[C@H]1C(=O)CC[C@H]1CC(=O)O.CC/C=C\C[C@H]1C(=O)CC[C@H]1CC(=O)OC. The van der Waals surface area contributed by atoms with E-state index in [9.17, 15) is 19.2 Å². The van der Waals surface area contributed by atoms with Crippen molar-refractivity contribution in [1.29, 1.82) is 0 Å². The number of carboxylic acids is 1. The molecule has 0 aromatic carbocycles. The maximum Gasteiger partial charge on any atom is 0.305 e. The standard InChI is InChI=1S/C13H20O3.C12H18O3.CH4/c1-3-4-5-6-11-10(7-8-12(11)14)9-13(15)16-2;1-2-3-4-5-10-9(8-12(14)15)6-7-11(10)13;/h4-5,10-11H,3,6-9H2,1-2H3;3-4,9-10H,2,5-8H2,1H3,(H,14,15);1H4/b5-4-;4-3-;/t10-,11+;9-,10+;/m00./s1. The van der Waals surface area contributed by atoms with E-state index in [0.717, 1.165) is 32.1 Å². The van der Waals surface area contributed by atoms with Gasteiger partial charge in [0, 0.05) is 37.5 Å². The number of hydrogen-bond acceptors (Lipinski definition) is 5. The molecule has 2 rings (SSSR count). The van der Waals surface area contributed by atoms with Crippen LogP contribution in [0.15, 0.2) is 24.3 Å². The van der Waals surface area contributed by atoms with Crippen molar-refractivity contribution in [2.75, 3.05) is 7.11 Å². The summed E-state index contributed by atoms with van der Waals surface area (Å²) in [4.78, 5) is 45.0. The fraction of sp³-hybridized carbons (Fsp3) is 0.692. The molecule has 2 aliphatic carbocycles. The summed E-state index contributed by atoms with van der Waals surface area (Å²) >= 11 is 0. The second kappa shape index (κ2) is 16.4. The minimum atomic E-state index is -0.792. The Kier molecular flexibility index (Phi) is 15.3. The van der Waals surface area contributed by atoms with Gasteiger partial charge in [0.15, 0.2) is 0 Å². The normalized spacial score (nSPS) is 25.0. The fourth-order valence-electron chi connectivity index (χ4n) is 4.43. The van der Waals surface area contributed by atoms with E-state index in [-0.39, 0.29) is 49.3 Å². The minimum absolute atomic E-state index is 0. The van der Waals surface area contributed by atoms with E-state index in [1.54, 1.807) is 0 Å². The number of carboxylic acid groups (broad SMARTS) is 1. The Balaban J connectivity index is 0.000000584. The Morgan fingerprint density at radius 1 is 0.875 bits per heavy atom. The number of Topliss-reactive ketones (excluding diaryl/α,β-unsaturated/α-hetero) is 2. The highest BCUT2D eigenvalue weighted by Gasteiger charge is 2.35. The van der Waals surface area contributed by atoms with Gasteiger partial charge in [-0.1, -0.05) is 45.6 Å². The van der Waals surface area contributed by atoms with Gasteiger partial charge in [0.05, 0.1) is 7.11 Å². The van der Waals surface area contributed by atoms with Gasteiger partial charge in [-0.2, -0.15) is 0 Å². The summed E-state index contributed by atoms with van der Waals surface area (Å²) in [5, 5.41) is 8.72. The first-order valence-electron chi connectivity index (χ1n) is 11.5. The lowest BCUT2D eigenvalue weighted by molar-refractivity contribution is -0.142. The molecule has 0 spiro atoms. The van der Waals surface area contributed by atoms with Gasteiger partial charge in [-0.3, -0.25) is 19.2 Å². The van der Waals surface area contributed by atoms with Crippen LogP contribution in [0.25, 0.3) is 0 Å². The first-order chi connectivity index (χ1) is 14.8. The Morgan fingerprint density at radius 2 is 1.31 bits per heavy atom. The number of ketones is 2.